The first-order valence-corrected chi connectivity index (χ1v) is 11.5. The Morgan fingerprint density at radius 1 is 1.00 bits per heavy atom. The van der Waals surface area contributed by atoms with Crippen LogP contribution >= 0.6 is 0 Å². The van der Waals surface area contributed by atoms with Crippen LogP contribution < -0.4 is 10.9 Å². The maximum atomic E-state index is 13.4. The number of aromatic nitrogens is 3. The topological polar surface area (TPSA) is 112 Å². The van der Waals surface area contributed by atoms with Crippen LogP contribution in [0, 0.1) is 5.92 Å². The smallest absolute Gasteiger partial charge is 0.345 e. The molecular formula is C27H26N4O5. The average molecular weight is 487 g/mol. The molecule has 9 heteroatoms. The molecule has 2 aromatic heterocycles. The molecule has 2 aromatic carbocycles. The number of rotatable bonds is 8. The van der Waals surface area contributed by atoms with E-state index in [1.165, 1.54) is 4.68 Å². The Bertz CT molecular complexity index is 1460. The lowest BCUT2D eigenvalue weighted by Crippen LogP contribution is -2.29. The number of carbonyl (C=O) groups excluding carboxylic acids is 2. The van der Waals surface area contributed by atoms with Gasteiger partial charge in [0.15, 0.2) is 0 Å². The third-order valence-electron chi connectivity index (χ3n) is 5.50. The molecule has 0 saturated carbocycles. The first-order chi connectivity index (χ1) is 17.4. The molecule has 0 saturated heterocycles. The van der Waals surface area contributed by atoms with E-state index >= 15 is 0 Å². The molecule has 36 heavy (non-hydrogen) atoms. The summed E-state index contributed by atoms with van der Waals surface area (Å²) in [7, 11) is 0. The summed E-state index contributed by atoms with van der Waals surface area (Å²) in [6, 6.07) is 16.6. The molecule has 184 valence electrons. The first kappa shape index (κ1) is 24.6. The van der Waals surface area contributed by atoms with Gasteiger partial charge in [0.05, 0.1) is 17.8 Å². The number of esters is 2. The molecule has 0 aliphatic carbocycles. The van der Waals surface area contributed by atoms with E-state index < -0.39 is 24.3 Å². The molecule has 0 aliphatic rings. The van der Waals surface area contributed by atoms with Crippen molar-refractivity contribution in [2.45, 2.75) is 27.3 Å². The minimum absolute atomic E-state index is 0.0101. The molecule has 0 unspecified atom stereocenters. The van der Waals surface area contributed by atoms with Crippen molar-refractivity contribution >= 4 is 34.1 Å². The molecule has 0 spiro atoms. The largest absolute Gasteiger partial charge is 0.428 e. The van der Waals surface area contributed by atoms with Gasteiger partial charge in [0.1, 0.15) is 16.9 Å². The quantitative estimate of drug-likeness (QED) is 0.285. The van der Waals surface area contributed by atoms with Gasteiger partial charge in [-0.1, -0.05) is 68.4 Å². The van der Waals surface area contributed by atoms with E-state index in [4.69, 9.17) is 9.47 Å². The molecule has 4 rings (SSSR count). The van der Waals surface area contributed by atoms with Gasteiger partial charge in [-0.05, 0) is 6.92 Å². The zero-order valence-electron chi connectivity index (χ0n) is 20.2. The van der Waals surface area contributed by atoms with Gasteiger partial charge in [-0.2, -0.15) is 5.10 Å². The van der Waals surface area contributed by atoms with Crippen LogP contribution in [0.2, 0.25) is 0 Å². The molecule has 2 heterocycles. The van der Waals surface area contributed by atoms with Gasteiger partial charge in [-0.25, -0.2) is 9.48 Å². The van der Waals surface area contributed by atoms with Crippen LogP contribution in [0.5, 0.6) is 0 Å². The van der Waals surface area contributed by atoms with Crippen LogP contribution in [0.3, 0.4) is 0 Å². The Labute approximate surface area is 207 Å². The first-order valence-electron chi connectivity index (χ1n) is 11.5. The third-order valence-corrected chi connectivity index (χ3v) is 5.50. The summed E-state index contributed by atoms with van der Waals surface area (Å²) in [6.45, 7) is 4.83. The number of nitrogens with zero attached hydrogens (tertiary/aromatic N) is 3. The highest BCUT2D eigenvalue weighted by molar-refractivity contribution is 6.04. The second-order valence-electron chi connectivity index (χ2n) is 8.29. The van der Waals surface area contributed by atoms with Gasteiger partial charge < -0.3 is 14.8 Å². The highest BCUT2D eigenvalue weighted by Crippen LogP contribution is 2.30. The minimum atomic E-state index is -0.853. The van der Waals surface area contributed by atoms with Crippen molar-refractivity contribution in [2.75, 3.05) is 12.1 Å². The van der Waals surface area contributed by atoms with Crippen LogP contribution in [0.25, 0.3) is 22.0 Å². The van der Waals surface area contributed by atoms with E-state index in [0.29, 0.717) is 11.3 Å². The third kappa shape index (κ3) is 5.10. The highest BCUT2D eigenvalue weighted by Gasteiger charge is 2.26. The number of carbonyl (C=O) groups is 2. The molecule has 0 radical (unpaired) electrons. The second kappa shape index (κ2) is 10.8. The Hall–Kier alpha value is -4.53. The lowest BCUT2D eigenvalue weighted by molar-refractivity contribution is -0.155. The zero-order valence-corrected chi connectivity index (χ0v) is 20.2. The molecule has 0 fully saturated rings. The van der Waals surface area contributed by atoms with E-state index in [2.05, 4.69) is 15.4 Å². The number of hydrogen-bond acceptors (Lipinski definition) is 8. The van der Waals surface area contributed by atoms with Crippen molar-refractivity contribution in [3.8, 4) is 11.3 Å². The SMILES string of the molecule is CCn1nc(-c2ccccc2)c(C(=O)OCOC(=O)C(C)C)c(Nc2cncc3ccccc23)c1=O. The molecule has 9 nitrogen and oxygen atoms in total. The number of pyridine rings is 1. The highest BCUT2D eigenvalue weighted by atomic mass is 16.7. The standard InChI is InChI=1S/C27H26N4O5/c1-4-31-25(32)24(29-21-15-28-14-19-12-8-9-13-20(19)21)22(23(30-31)18-10-6-5-7-11-18)27(34)36-16-35-26(33)17(2)3/h5-15,17,29H,4,16H2,1-3H3. The maximum Gasteiger partial charge on any atom is 0.345 e. The summed E-state index contributed by atoms with van der Waals surface area (Å²) >= 11 is 0. The normalized spacial score (nSPS) is 10.9. The van der Waals surface area contributed by atoms with E-state index in [0.717, 1.165) is 10.8 Å². The van der Waals surface area contributed by atoms with Crippen molar-refractivity contribution in [1.29, 1.82) is 0 Å². The minimum Gasteiger partial charge on any atom is -0.428 e. The van der Waals surface area contributed by atoms with Crippen molar-refractivity contribution < 1.29 is 19.1 Å². The fourth-order valence-electron chi connectivity index (χ4n) is 3.63. The summed E-state index contributed by atoms with van der Waals surface area (Å²) in [5.74, 6) is -1.74. The molecule has 0 atom stereocenters. The van der Waals surface area contributed by atoms with Crippen LogP contribution in [-0.4, -0.2) is 33.5 Å². The number of nitrogens with one attached hydrogen (secondary N) is 1. The molecule has 1 N–H and O–H groups in total. The lowest BCUT2D eigenvalue weighted by Gasteiger charge is -2.17. The van der Waals surface area contributed by atoms with E-state index in [9.17, 15) is 14.4 Å². The Balaban J connectivity index is 1.86. The zero-order chi connectivity index (χ0) is 25.7. The molecule has 0 bridgehead atoms. The lowest BCUT2D eigenvalue weighted by atomic mass is 10.0. The van der Waals surface area contributed by atoms with E-state index in [1.54, 1.807) is 57.4 Å². The number of ether oxygens (including phenoxy) is 2. The fraction of sp³-hybridized carbons (Fsp3) is 0.222. The molecule has 4 aromatic rings. The van der Waals surface area contributed by atoms with Gasteiger partial charge in [0, 0.05) is 29.1 Å². The molecule has 0 amide bonds. The van der Waals surface area contributed by atoms with Crippen molar-refractivity contribution in [2.24, 2.45) is 5.92 Å². The van der Waals surface area contributed by atoms with Crippen LogP contribution in [0.15, 0.2) is 71.8 Å². The van der Waals surface area contributed by atoms with Crippen molar-refractivity contribution in [1.82, 2.24) is 14.8 Å². The predicted octanol–water partition coefficient (Wildman–Crippen LogP) is 4.54. The number of benzene rings is 2. The van der Waals surface area contributed by atoms with Gasteiger partial charge in [-0.15, -0.1) is 0 Å². The molecular weight excluding hydrogens is 460 g/mol. The second-order valence-corrected chi connectivity index (χ2v) is 8.29. The number of hydrogen-bond donors (Lipinski definition) is 1. The average Bonchev–Trinajstić information content (AvgIpc) is 2.90. The van der Waals surface area contributed by atoms with Crippen molar-refractivity contribution in [3.63, 3.8) is 0 Å². The summed E-state index contributed by atoms with van der Waals surface area (Å²) in [4.78, 5) is 42.9. The van der Waals surface area contributed by atoms with Crippen LogP contribution in [-0.2, 0) is 20.8 Å². The van der Waals surface area contributed by atoms with Crippen LogP contribution in [0.4, 0.5) is 11.4 Å². The summed E-state index contributed by atoms with van der Waals surface area (Å²) in [5.41, 5.74) is 0.834. The number of anilines is 2. The summed E-state index contributed by atoms with van der Waals surface area (Å²) in [6.07, 6.45) is 3.30. The van der Waals surface area contributed by atoms with E-state index in [1.807, 2.05) is 30.3 Å². The Kier molecular flexibility index (Phi) is 7.39. The monoisotopic (exact) mass is 486 g/mol. The maximum absolute atomic E-state index is 13.4. The Morgan fingerprint density at radius 2 is 1.72 bits per heavy atom. The Morgan fingerprint density at radius 3 is 2.44 bits per heavy atom. The predicted molar refractivity (Wildman–Crippen MR) is 136 cm³/mol. The van der Waals surface area contributed by atoms with Gasteiger partial charge in [-0.3, -0.25) is 14.6 Å². The summed E-state index contributed by atoms with van der Waals surface area (Å²) < 4.78 is 11.6. The number of aryl methyl sites for hydroxylation is 1. The fourth-order valence-corrected chi connectivity index (χ4v) is 3.63. The van der Waals surface area contributed by atoms with Crippen LogP contribution in [0.1, 0.15) is 31.1 Å². The van der Waals surface area contributed by atoms with Gasteiger partial charge >= 0.3 is 11.9 Å². The van der Waals surface area contributed by atoms with E-state index in [-0.39, 0.29) is 29.4 Å². The molecule has 0 aliphatic heterocycles. The van der Waals surface area contributed by atoms with Gasteiger partial charge in [0.2, 0.25) is 6.79 Å². The summed E-state index contributed by atoms with van der Waals surface area (Å²) in [5, 5.41) is 9.26. The van der Waals surface area contributed by atoms with Gasteiger partial charge in [0.25, 0.3) is 5.56 Å². The van der Waals surface area contributed by atoms with Crippen molar-refractivity contribution in [3.05, 3.63) is 82.9 Å². The number of fused-ring (bicyclic) bond motifs is 1.